The molecule has 2 saturated heterocycles. The van der Waals surface area contributed by atoms with Crippen LogP contribution in [-0.4, -0.2) is 60.5 Å². The maximum Gasteiger partial charge on any atom is 0.236 e. The van der Waals surface area contributed by atoms with E-state index in [1.54, 1.807) is 0 Å². The van der Waals surface area contributed by atoms with Gasteiger partial charge in [-0.05, 0) is 52.6 Å². The van der Waals surface area contributed by atoms with Crippen LogP contribution < -0.4 is 5.32 Å². The van der Waals surface area contributed by atoms with Gasteiger partial charge in [-0.2, -0.15) is 0 Å². The topological polar surface area (TPSA) is 35.6 Å². The van der Waals surface area contributed by atoms with Gasteiger partial charge >= 0.3 is 0 Å². The Hall–Kier alpha value is -0.610. The van der Waals surface area contributed by atoms with Gasteiger partial charge in [0.1, 0.15) is 0 Å². The third kappa shape index (κ3) is 3.23. The zero-order chi connectivity index (χ0) is 13.0. The SMILES string of the molecule is CCN(CC)C(=O)CNC1CCN2CCCC2C1. The number of fused-ring (bicyclic) bond motifs is 1. The van der Waals surface area contributed by atoms with E-state index >= 15 is 0 Å². The summed E-state index contributed by atoms with van der Waals surface area (Å²) in [5.41, 5.74) is 0. The summed E-state index contributed by atoms with van der Waals surface area (Å²) in [7, 11) is 0. The highest BCUT2D eigenvalue weighted by Gasteiger charge is 2.31. The summed E-state index contributed by atoms with van der Waals surface area (Å²) in [6.07, 6.45) is 5.13. The van der Waals surface area contributed by atoms with E-state index in [1.807, 2.05) is 18.7 Å². The molecule has 1 amide bonds. The normalized spacial score (nSPS) is 28.1. The molecule has 2 heterocycles. The summed E-state index contributed by atoms with van der Waals surface area (Å²) in [6.45, 7) is 8.73. The summed E-state index contributed by atoms with van der Waals surface area (Å²) < 4.78 is 0. The lowest BCUT2D eigenvalue weighted by molar-refractivity contribution is -0.130. The zero-order valence-corrected chi connectivity index (χ0v) is 11.8. The summed E-state index contributed by atoms with van der Waals surface area (Å²) in [5, 5.41) is 3.47. The van der Waals surface area contributed by atoms with Crippen molar-refractivity contribution in [3.05, 3.63) is 0 Å². The number of piperidine rings is 1. The standard InChI is InChI=1S/C14H27N3O/c1-3-16(4-2)14(18)11-15-12-7-9-17-8-5-6-13(17)10-12/h12-13,15H,3-11H2,1-2H3. The van der Waals surface area contributed by atoms with Gasteiger partial charge in [-0.25, -0.2) is 0 Å². The van der Waals surface area contributed by atoms with Crippen molar-refractivity contribution >= 4 is 5.91 Å². The average Bonchev–Trinajstić information content (AvgIpc) is 2.85. The van der Waals surface area contributed by atoms with Crippen LogP contribution in [0.15, 0.2) is 0 Å². The summed E-state index contributed by atoms with van der Waals surface area (Å²) in [5.74, 6) is 0.244. The molecule has 0 aliphatic carbocycles. The third-order valence-corrected chi connectivity index (χ3v) is 4.48. The molecule has 2 aliphatic rings. The molecular formula is C14H27N3O. The molecule has 2 atom stereocenters. The van der Waals surface area contributed by atoms with Crippen molar-refractivity contribution in [3.63, 3.8) is 0 Å². The van der Waals surface area contributed by atoms with Crippen LogP contribution in [0.4, 0.5) is 0 Å². The molecule has 104 valence electrons. The molecule has 4 nitrogen and oxygen atoms in total. The molecule has 0 aromatic carbocycles. The van der Waals surface area contributed by atoms with Crippen LogP contribution in [0.25, 0.3) is 0 Å². The average molecular weight is 253 g/mol. The first-order valence-corrected chi connectivity index (χ1v) is 7.49. The maximum atomic E-state index is 11.9. The first-order valence-electron chi connectivity index (χ1n) is 7.49. The molecule has 1 N–H and O–H groups in total. The third-order valence-electron chi connectivity index (χ3n) is 4.48. The van der Waals surface area contributed by atoms with Gasteiger partial charge in [-0.1, -0.05) is 0 Å². The van der Waals surface area contributed by atoms with Gasteiger partial charge < -0.3 is 15.1 Å². The molecule has 2 rings (SSSR count). The fourth-order valence-corrected chi connectivity index (χ4v) is 3.33. The molecule has 18 heavy (non-hydrogen) atoms. The smallest absolute Gasteiger partial charge is 0.236 e. The van der Waals surface area contributed by atoms with Crippen LogP contribution in [0, 0.1) is 0 Å². The highest BCUT2D eigenvalue weighted by atomic mass is 16.2. The molecule has 0 spiro atoms. The van der Waals surface area contributed by atoms with Gasteiger partial charge in [0.25, 0.3) is 0 Å². The molecule has 0 radical (unpaired) electrons. The number of hydrogen-bond acceptors (Lipinski definition) is 3. The number of amides is 1. The van der Waals surface area contributed by atoms with Crippen molar-refractivity contribution < 1.29 is 4.79 Å². The Morgan fingerprint density at radius 2 is 2.06 bits per heavy atom. The molecule has 0 aromatic rings. The number of likely N-dealkylation sites (N-methyl/N-ethyl adjacent to an activating group) is 1. The quantitative estimate of drug-likeness (QED) is 0.796. The van der Waals surface area contributed by atoms with Gasteiger partial charge in [0, 0.05) is 25.2 Å². The van der Waals surface area contributed by atoms with Crippen LogP contribution in [0.5, 0.6) is 0 Å². The van der Waals surface area contributed by atoms with E-state index in [2.05, 4.69) is 10.2 Å². The first-order chi connectivity index (χ1) is 8.74. The summed E-state index contributed by atoms with van der Waals surface area (Å²) >= 11 is 0. The van der Waals surface area contributed by atoms with Crippen molar-refractivity contribution in [2.24, 2.45) is 0 Å². The minimum absolute atomic E-state index is 0.244. The molecular weight excluding hydrogens is 226 g/mol. The van der Waals surface area contributed by atoms with Crippen LogP contribution in [-0.2, 0) is 4.79 Å². The fourth-order valence-electron chi connectivity index (χ4n) is 3.33. The van der Waals surface area contributed by atoms with E-state index in [-0.39, 0.29) is 5.91 Å². The van der Waals surface area contributed by atoms with Crippen molar-refractivity contribution in [1.29, 1.82) is 0 Å². The van der Waals surface area contributed by atoms with Crippen molar-refractivity contribution in [2.45, 2.75) is 51.6 Å². The number of carbonyl (C=O) groups excluding carboxylic acids is 1. The minimum Gasteiger partial charge on any atom is -0.342 e. The predicted molar refractivity (Wildman–Crippen MR) is 73.5 cm³/mol. The van der Waals surface area contributed by atoms with E-state index in [1.165, 1.54) is 38.8 Å². The highest BCUT2D eigenvalue weighted by molar-refractivity contribution is 5.78. The van der Waals surface area contributed by atoms with Crippen LogP contribution >= 0.6 is 0 Å². The van der Waals surface area contributed by atoms with Crippen molar-refractivity contribution in [1.82, 2.24) is 15.1 Å². The largest absolute Gasteiger partial charge is 0.342 e. The second-order valence-electron chi connectivity index (χ2n) is 5.50. The van der Waals surface area contributed by atoms with Gasteiger partial charge in [0.2, 0.25) is 5.91 Å². The van der Waals surface area contributed by atoms with E-state index in [0.717, 1.165) is 19.1 Å². The Bertz CT molecular complexity index is 278. The second kappa shape index (κ2) is 6.53. The Morgan fingerprint density at radius 3 is 2.78 bits per heavy atom. The molecule has 2 unspecified atom stereocenters. The number of nitrogens with zero attached hydrogens (tertiary/aromatic N) is 2. The molecule has 2 aliphatic heterocycles. The van der Waals surface area contributed by atoms with Crippen LogP contribution in [0.1, 0.15) is 39.5 Å². The number of nitrogens with one attached hydrogen (secondary N) is 1. The lowest BCUT2D eigenvalue weighted by atomic mass is 9.97. The van der Waals surface area contributed by atoms with Gasteiger partial charge in [-0.15, -0.1) is 0 Å². The van der Waals surface area contributed by atoms with E-state index in [0.29, 0.717) is 12.6 Å². The summed E-state index contributed by atoms with van der Waals surface area (Å²) in [4.78, 5) is 16.4. The molecule has 4 heteroatoms. The Labute approximate surface area is 111 Å². The number of rotatable bonds is 5. The molecule has 2 fully saturated rings. The van der Waals surface area contributed by atoms with E-state index < -0.39 is 0 Å². The molecule has 0 bridgehead atoms. The maximum absolute atomic E-state index is 11.9. The number of hydrogen-bond donors (Lipinski definition) is 1. The fraction of sp³-hybridized carbons (Fsp3) is 0.929. The Balaban J connectivity index is 1.72. The van der Waals surface area contributed by atoms with Gasteiger partial charge in [0.15, 0.2) is 0 Å². The Morgan fingerprint density at radius 1 is 1.28 bits per heavy atom. The van der Waals surface area contributed by atoms with E-state index in [4.69, 9.17) is 0 Å². The second-order valence-corrected chi connectivity index (χ2v) is 5.50. The predicted octanol–water partition coefficient (Wildman–Crippen LogP) is 1.07. The van der Waals surface area contributed by atoms with Crippen molar-refractivity contribution in [3.8, 4) is 0 Å². The highest BCUT2D eigenvalue weighted by Crippen LogP contribution is 2.26. The molecule has 0 saturated carbocycles. The zero-order valence-electron chi connectivity index (χ0n) is 11.8. The number of carbonyl (C=O) groups is 1. The molecule has 0 aromatic heterocycles. The minimum atomic E-state index is 0.244. The lowest BCUT2D eigenvalue weighted by Gasteiger charge is -2.35. The van der Waals surface area contributed by atoms with Gasteiger partial charge in [0.05, 0.1) is 6.54 Å². The first kappa shape index (κ1) is 13.8. The lowest BCUT2D eigenvalue weighted by Crippen LogP contribution is -2.48. The van der Waals surface area contributed by atoms with E-state index in [9.17, 15) is 4.79 Å². The monoisotopic (exact) mass is 253 g/mol. The summed E-state index contributed by atoms with van der Waals surface area (Å²) in [6, 6.07) is 1.32. The Kier molecular flexibility index (Phi) is 5.01. The van der Waals surface area contributed by atoms with Crippen LogP contribution in [0.2, 0.25) is 0 Å². The van der Waals surface area contributed by atoms with Crippen molar-refractivity contribution in [2.75, 3.05) is 32.7 Å². The van der Waals surface area contributed by atoms with Gasteiger partial charge in [-0.3, -0.25) is 4.79 Å². The van der Waals surface area contributed by atoms with Crippen LogP contribution in [0.3, 0.4) is 0 Å².